The van der Waals surface area contributed by atoms with E-state index in [1.54, 1.807) is 0 Å². The highest BCUT2D eigenvalue weighted by Crippen LogP contribution is 2.32. The number of nitrogens with one attached hydrogen (secondary N) is 1. The van der Waals surface area contributed by atoms with Crippen molar-refractivity contribution >= 4 is 50.1 Å². The van der Waals surface area contributed by atoms with Gasteiger partial charge >= 0.3 is 0 Å². The lowest BCUT2D eigenvalue weighted by Crippen LogP contribution is -2.25. The summed E-state index contributed by atoms with van der Waals surface area (Å²) in [6.45, 7) is 2.00. The summed E-state index contributed by atoms with van der Waals surface area (Å²) in [6.07, 6.45) is 6.43. The molecule has 1 aliphatic rings. The highest BCUT2D eigenvalue weighted by molar-refractivity contribution is 9.10. The predicted octanol–water partition coefficient (Wildman–Crippen LogP) is 5.97. The van der Waals surface area contributed by atoms with E-state index in [-0.39, 0.29) is 11.2 Å². The lowest BCUT2D eigenvalue weighted by atomic mass is 10.0. The van der Waals surface area contributed by atoms with E-state index in [2.05, 4.69) is 26.2 Å². The second kappa shape index (κ2) is 8.50. The molecule has 1 N–H and O–H groups in total. The monoisotopic (exact) mass is 424 g/mol. The van der Waals surface area contributed by atoms with Crippen molar-refractivity contribution < 1.29 is 4.79 Å². The molecule has 3 nitrogen and oxygen atoms in total. The molecule has 1 amide bonds. The molecule has 6 heteroatoms. The molecule has 0 saturated heterocycles. The molecule has 1 unspecified atom stereocenters. The number of thioether (sulfide) groups is 1. The zero-order chi connectivity index (χ0) is 16.9. The minimum Gasteiger partial charge on any atom is -0.301 e. The molecule has 1 saturated carbocycles. The summed E-state index contributed by atoms with van der Waals surface area (Å²) >= 11 is 6.72. The Bertz CT molecular complexity index is 681. The third-order valence-electron chi connectivity index (χ3n) is 4.19. The number of carbonyl (C=O) groups is 1. The van der Waals surface area contributed by atoms with E-state index >= 15 is 0 Å². The van der Waals surface area contributed by atoms with E-state index < -0.39 is 0 Å². The Labute approximate surface area is 159 Å². The number of halogens is 1. The van der Waals surface area contributed by atoms with Crippen molar-refractivity contribution in [3.8, 4) is 11.3 Å². The third-order valence-corrected chi connectivity index (χ3v) is 6.96. The van der Waals surface area contributed by atoms with Crippen molar-refractivity contribution in [3.63, 3.8) is 0 Å². The molecule has 0 radical (unpaired) electrons. The number of hydrogen-bond acceptors (Lipinski definition) is 4. The second-order valence-corrected chi connectivity index (χ2v) is 9.49. The number of rotatable bonds is 5. The van der Waals surface area contributed by atoms with Gasteiger partial charge in [-0.1, -0.05) is 47.3 Å². The van der Waals surface area contributed by atoms with Crippen LogP contribution in [0.25, 0.3) is 11.3 Å². The van der Waals surface area contributed by atoms with Crippen LogP contribution in [0.3, 0.4) is 0 Å². The fourth-order valence-electron chi connectivity index (χ4n) is 2.84. The van der Waals surface area contributed by atoms with Crippen LogP contribution in [0, 0.1) is 0 Å². The Morgan fingerprint density at radius 1 is 1.29 bits per heavy atom. The average Bonchev–Trinajstić information content (AvgIpc) is 3.05. The van der Waals surface area contributed by atoms with Gasteiger partial charge in [0.2, 0.25) is 5.91 Å². The van der Waals surface area contributed by atoms with Crippen LogP contribution in [0.1, 0.15) is 39.0 Å². The topological polar surface area (TPSA) is 42.0 Å². The summed E-state index contributed by atoms with van der Waals surface area (Å²) in [5.41, 5.74) is 1.95. The highest BCUT2D eigenvalue weighted by Gasteiger charge is 2.22. The van der Waals surface area contributed by atoms with E-state index in [4.69, 9.17) is 0 Å². The van der Waals surface area contributed by atoms with Gasteiger partial charge in [-0.3, -0.25) is 4.79 Å². The number of thiazole rings is 1. The second-order valence-electron chi connectivity index (χ2n) is 6.07. The number of aromatic nitrogens is 1. The lowest BCUT2D eigenvalue weighted by Gasteiger charge is -2.23. The standard InChI is InChI=1S/C18H21BrN2OS2/c1-12(24-15-5-3-2-4-6-15)17(22)21-18-20-16(11-23-18)13-7-9-14(19)10-8-13/h7-12,15H,2-6H2,1H3,(H,20,21,22). The summed E-state index contributed by atoms with van der Waals surface area (Å²) in [4.78, 5) is 16.9. The molecule has 1 aromatic carbocycles. The summed E-state index contributed by atoms with van der Waals surface area (Å²) in [5, 5.41) is 6.23. The number of amides is 1. The average molecular weight is 425 g/mol. The van der Waals surface area contributed by atoms with Crippen molar-refractivity contribution in [2.24, 2.45) is 0 Å². The van der Waals surface area contributed by atoms with E-state index in [0.717, 1.165) is 15.7 Å². The maximum absolute atomic E-state index is 12.4. The van der Waals surface area contributed by atoms with E-state index in [1.165, 1.54) is 43.4 Å². The van der Waals surface area contributed by atoms with Crippen LogP contribution in [0.15, 0.2) is 34.1 Å². The first-order valence-electron chi connectivity index (χ1n) is 8.29. The molecule has 0 bridgehead atoms. The minimum absolute atomic E-state index is 0.0341. The van der Waals surface area contributed by atoms with Crippen molar-refractivity contribution in [2.45, 2.75) is 49.5 Å². The Kier molecular flexibility index (Phi) is 6.36. The van der Waals surface area contributed by atoms with Crippen LogP contribution in [0.5, 0.6) is 0 Å². The Morgan fingerprint density at radius 3 is 2.71 bits per heavy atom. The molecule has 3 rings (SSSR count). The van der Waals surface area contributed by atoms with Crippen molar-refractivity contribution in [2.75, 3.05) is 5.32 Å². The van der Waals surface area contributed by atoms with Crippen molar-refractivity contribution in [1.29, 1.82) is 0 Å². The van der Waals surface area contributed by atoms with Crippen LogP contribution in [-0.2, 0) is 4.79 Å². The molecule has 24 heavy (non-hydrogen) atoms. The number of hydrogen-bond donors (Lipinski definition) is 1. The molecule has 1 aliphatic carbocycles. The summed E-state index contributed by atoms with van der Waals surface area (Å²) in [7, 11) is 0. The molecular weight excluding hydrogens is 404 g/mol. The molecule has 0 aliphatic heterocycles. The summed E-state index contributed by atoms with van der Waals surface area (Å²) in [5.74, 6) is 0.0577. The van der Waals surface area contributed by atoms with Gasteiger partial charge in [0.15, 0.2) is 5.13 Å². The van der Waals surface area contributed by atoms with Gasteiger partial charge in [-0.15, -0.1) is 23.1 Å². The van der Waals surface area contributed by atoms with Crippen LogP contribution in [0.4, 0.5) is 5.13 Å². The van der Waals surface area contributed by atoms with Gasteiger partial charge in [0.1, 0.15) is 0 Å². The van der Waals surface area contributed by atoms with Crippen LogP contribution in [0.2, 0.25) is 0 Å². The van der Waals surface area contributed by atoms with Gasteiger partial charge in [-0.2, -0.15) is 0 Å². The van der Waals surface area contributed by atoms with E-state index in [0.29, 0.717) is 10.4 Å². The number of benzene rings is 1. The Balaban J connectivity index is 1.57. The van der Waals surface area contributed by atoms with Crippen molar-refractivity contribution in [3.05, 3.63) is 34.1 Å². The first kappa shape index (κ1) is 18.0. The normalized spacial score (nSPS) is 16.8. The van der Waals surface area contributed by atoms with Crippen LogP contribution < -0.4 is 5.32 Å². The Hall–Kier alpha value is -0.850. The molecule has 2 aromatic rings. The molecular formula is C18H21BrN2OS2. The number of carbonyl (C=O) groups excluding carboxylic acids is 1. The number of nitrogens with zero attached hydrogens (tertiary/aromatic N) is 1. The summed E-state index contributed by atoms with van der Waals surface area (Å²) in [6, 6.07) is 8.03. The van der Waals surface area contributed by atoms with E-state index in [1.807, 2.05) is 48.3 Å². The summed E-state index contributed by atoms with van der Waals surface area (Å²) < 4.78 is 1.04. The van der Waals surface area contributed by atoms with Gasteiger partial charge in [0.25, 0.3) is 0 Å². The molecule has 1 atom stereocenters. The molecule has 0 spiro atoms. The predicted molar refractivity (Wildman–Crippen MR) is 108 cm³/mol. The van der Waals surface area contributed by atoms with Gasteiger partial charge in [-0.25, -0.2) is 4.98 Å². The first-order chi connectivity index (χ1) is 11.6. The zero-order valence-corrected chi connectivity index (χ0v) is 16.8. The first-order valence-corrected chi connectivity index (χ1v) is 10.9. The van der Waals surface area contributed by atoms with Gasteiger partial charge in [0, 0.05) is 20.7 Å². The SMILES string of the molecule is CC(SC1CCCCC1)C(=O)Nc1nc(-c2ccc(Br)cc2)cs1. The lowest BCUT2D eigenvalue weighted by molar-refractivity contribution is -0.115. The minimum atomic E-state index is -0.0341. The molecule has 1 aromatic heterocycles. The molecule has 1 fully saturated rings. The van der Waals surface area contributed by atoms with Crippen molar-refractivity contribution in [1.82, 2.24) is 4.98 Å². The highest BCUT2D eigenvalue weighted by atomic mass is 79.9. The fourth-order valence-corrected chi connectivity index (χ4v) is 5.20. The largest absolute Gasteiger partial charge is 0.301 e. The molecule has 128 valence electrons. The fraction of sp³-hybridized carbons (Fsp3) is 0.444. The van der Waals surface area contributed by atoms with Crippen LogP contribution >= 0.6 is 39.0 Å². The van der Waals surface area contributed by atoms with E-state index in [9.17, 15) is 4.79 Å². The quantitative estimate of drug-likeness (QED) is 0.642. The zero-order valence-electron chi connectivity index (χ0n) is 13.6. The smallest absolute Gasteiger partial charge is 0.238 e. The maximum atomic E-state index is 12.4. The molecule has 1 heterocycles. The maximum Gasteiger partial charge on any atom is 0.238 e. The Morgan fingerprint density at radius 2 is 2.00 bits per heavy atom. The van der Waals surface area contributed by atoms with Gasteiger partial charge < -0.3 is 5.32 Å². The van der Waals surface area contributed by atoms with Crippen LogP contribution in [-0.4, -0.2) is 21.4 Å². The van der Waals surface area contributed by atoms with Gasteiger partial charge in [-0.05, 0) is 31.9 Å². The van der Waals surface area contributed by atoms with Gasteiger partial charge in [0.05, 0.1) is 10.9 Å². The third kappa shape index (κ3) is 4.83. The number of anilines is 1.